The van der Waals surface area contributed by atoms with Gasteiger partial charge in [0.25, 0.3) is 0 Å². The number of hydrogen-bond donors (Lipinski definition) is 1. The van der Waals surface area contributed by atoms with E-state index in [4.69, 9.17) is 4.52 Å². The van der Waals surface area contributed by atoms with Gasteiger partial charge in [-0.2, -0.15) is 0 Å². The van der Waals surface area contributed by atoms with Crippen molar-refractivity contribution in [2.24, 2.45) is 5.92 Å². The number of benzene rings is 1. The van der Waals surface area contributed by atoms with Crippen molar-refractivity contribution in [2.45, 2.75) is 19.3 Å². The molecule has 0 amide bonds. The first-order valence-electron chi connectivity index (χ1n) is 5.96. The van der Waals surface area contributed by atoms with Gasteiger partial charge in [0.05, 0.1) is 6.20 Å². The van der Waals surface area contributed by atoms with Crippen LogP contribution in [0, 0.1) is 5.92 Å². The van der Waals surface area contributed by atoms with Gasteiger partial charge in [-0.05, 0) is 49.9 Å². The number of fused-ring (bicyclic) bond motifs is 1. The topological polar surface area (TPSA) is 38.1 Å². The molecule has 2 heterocycles. The zero-order chi connectivity index (χ0) is 10.8. The van der Waals surface area contributed by atoms with E-state index in [1.54, 1.807) is 0 Å². The Balaban J connectivity index is 1.85. The van der Waals surface area contributed by atoms with E-state index in [1.807, 2.05) is 12.3 Å². The molecular formula is C13H16N2O. The van der Waals surface area contributed by atoms with Gasteiger partial charge >= 0.3 is 0 Å². The predicted octanol–water partition coefficient (Wildman–Crippen LogP) is 2.37. The fraction of sp³-hybridized carbons (Fsp3) is 0.462. The number of nitrogens with zero attached hydrogens (tertiary/aromatic N) is 1. The van der Waals surface area contributed by atoms with Gasteiger partial charge in [-0.25, -0.2) is 0 Å². The van der Waals surface area contributed by atoms with Gasteiger partial charge in [0.1, 0.15) is 0 Å². The first-order valence-corrected chi connectivity index (χ1v) is 5.96. The van der Waals surface area contributed by atoms with Crippen molar-refractivity contribution in [1.29, 1.82) is 0 Å². The molecular weight excluding hydrogens is 200 g/mol. The first kappa shape index (κ1) is 9.85. The zero-order valence-electron chi connectivity index (χ0n) is 9.28. The van der Waals surface area contributed by atoms with Gasteiger partial charge < -0.3 is 9.84 Å². The number of aromatic nitrogens is 1. The minimum absolute atomic E-state index is 0.759. The average molecular weight is 216 g/mol. The molecule has 1 N–H and O–H groups in total. The maximum Gasteiger partial charge on any atom is 0.167 e. The highest BCUT2D eigenvalue weighted by atomic mass is 16.5. The summed E-state index contributed by atoms with van der Waals surface area (Å²) in [6.07, 6.45) is 5.59. The highest BCUT2D eigenvalue weighted by Crippen LogP contribution is 2.23. The van der Waals surface area contributed by atoms with E-state index in [0.717, 1.165) is 24.5 Å². The molecule has 1 unspecified atom stereocenters. The van der Waals surface area contributed by atoms with Gasteiger partial charge in [0, 0.05) is 5.39 Å². The number of hydrogen-bond acceptors (Lipinski definition) is 3. The molecule has 0 radical (unpaired) electrons. The standard InChI is InChI=1S/C13H16N2O/c1-4-11(7-10-3-2-6-14-8-10)12-9-15-16-13(12)5-1/h1,4-5,9-10,14H,2-3,6-8H2. The fourth-order valence-corrected chi connectivity index (χ4v) is 2.54. The molecule has 1 saturated heterocycles. The zero-order valence-corrected chi connectivity index (χ0v) is 9.28. The molecule has 1 aliphatic heterocycles. The van der Waals surface area contributed by atoms with Crippen LogP contribution in [0.2, 0.25) is 0 Å². The van der Waals surface area contributed by atoms with Crippen LogP contribution in [0.3, 0.4) is 0 Å². The van der Waals surface area contributed by atoms with Gasteiger partial charge in [-0.3, -0.25) is 0 Å². The van der Waals surface area contributed by atoms with Crippen LogP contribution in [0.15, 0.2) is 28.9 Å². The molecule has 0 aliphatic carbocycles. The van der Waals surface area contributed by atoms with Gasteiger partial charge in [-0.15, -0.1) is 0 Å². The second kappa shape index (κ2) is 4.26. The lowest BCUT2D eigenvalue weighted by Gasteiger charge is -2.22. The van der Waals surface area contributed by atoms with E-state index >= 15 is 0 Å². The molecule has 16 heavy (non-hydrogen) atoms. The van der Waals surface area contributed by atoms with Crippen LogP contribution in [0.1, 0.15) is 18.4 Å². The predicted molar refractivity (Wildman–Crippen MR) is 63.3 cm³/mol. The molecule has 2 aromatic rings. The third kappa shape index (κ3) is 1.83. The molecule has 3 heteroatoms. The minimum atomic E-state index is 0.759. The van der Waals surface area contributed by atoms with Crippen LogP contribution in [-0.4, -0.2) is 18.2 Å². The molecule has 0 saturated carbocycles. The van der Waals surface area contributed by atoms with E-state index in [0.29, 0.717) is 0 Å². The highest BCUT2D eigenvalue weighted by Gasteiger charge is 2.15. The maximum atomic E-state index is 5.18. The SMILES string of the molecule is c1cc(CC2CCCNC2)c2cnoc2c1. The molecule has 84 valence electrons. The van der Waals surface area contributed by atoms with Crippen molar-refractivity contribution in [3.63, 3.8) is 0 Å². The summed E-state index contributed by atoms with van der Waals surface area (Å²) in [4.78, 5) is 0. The summed E-state index contributed by atoms with van der Waals surface area (Å²) in [5.74, 6) is 0.759. The van der Waals surface area contributed by atoms with E-state index < -0.39 is 0 Å². The summed E-state index contributed by atoms with van der Waals surface area (Å²) in [6.45, 7) is 2.32. The van der Waals surface area contributed by atoms with E-state index in [1.165, 1.54) is 30.3 Å². The Morgan fingerprint density at radius 2 is 2.44 bits per heavy atom. The van der Waals surface area contributed by atoms with Crippen molar-refractivity contribution in [2.75, 3.05) is 13.1 Å². The van der Waals surface area contributed by atoms with Gasteiger partial charge in [-0.1, -0.05) is 17.3 Å². The molecule has 0 spiro atoms. The lowest BCUT2D eigenvalue weighted by molar-refractivity contribution is 0.377. The summed E-state index contributed by atoms with van der Waals surface area (Å²) in [6, 6.07) is 6.22. The second-order valence-electron chi connectivity index (χ2n) is 4.57. The van der Waals surface area contributed by atoms with Crippen LogP contribution in [0.25, 0.3) is 11.0 Å². The van der Waals surface area contributed by atoms with Crippen molar-refractivity contribution in [3.8, 4) is 0 Å². The summed E-state index contributed by atoms with van der Waals surface area (Å²) in [5.41, 5.74) is 2.27. The van der Waals surface area contributed by atoms with Gasteiger partial charge in [0.2, 0.25) is 0 Å². The number of nitrogens with one attached hydrogen (secondary N) is 1. The largest absolute Gasteiger partial charge is 0.356 e. The van der Waals surface area contributed by atoms with E-state index in [2.05, 4.69) is 22.6 Å². The Hall–Kier alpha value is -1.35. The lowest BCUT2D eigenvalue weighted by Crippen LogP contribution is -2.30. The summed E-state index contributed by atoms with van der Waals surface area (Å²) in [7, 11) is 0. The van der Waals surface area contributed by atoms with Crippen molar-refractivity contribution >= 4 is 11.0 Å². The van der Waals surface area contributed by atoms with Crippen LogP contribution in [-0.2, 0) is 6.42 Å². The lowest BCUT2D eigenvalue weighted by atomic mass is 9.91. The van der Waals surface area contributed by atoms with Crippen LogP contribution in [0.4, 0.5) is 0 Å². The minimum Gasteiger partial charge on any atom is -0.356 e. The summed E-state index contributed by atoms with van der Waals surface area (Å²) < 4.78 is 5.18. The van der Waals surface area contributed by atoms with E-state index in [9.17, 15) is 0 Å². The monoisotopic (exact) mass is 216 g/mol. The molecule has 3 rings (SSSR count). The molecule has 1 fully saturated rings. The van der Waals surface area contributed by atoms with Crippen LogP contribution >= 0.6 is 0 Å². The Labute approximate surface area is 94.8 Å². The van der Waals surface area contributed by atoms with Crippen LogP contribution in [0.5, 0.6) is 0 Å². The molecule has 1 atom stereocenters. The molecule has 1 aliphatic rings. The van der Waals surface area contributed by atoms with Crippen LogP contribution < -0.4 is 5.32 Å². The number of piperidine rings is 1. The third-order valence-electron chi connectivity index (χ3n) is 3.40. The van der Waals surface area contributed by atoms with Crippen molar-refractivity contribution in [3.05, 3.63) is 30.0 Å². The quantitative estimate of drug-likeness (QED) is 0.837. The Morgan fingerprint density at radius 3 is 3.31 bits per heavy atom. The Bertz CT molecular complexity index is 471. The molecule has 1 aromatic carbocycles. The second-order valence-corrected chi connectivity index (χ2v) is 4.57. The molecule has 3 nitrogen and oxygen atoms in total. The summed E-state index contributed by atoms with van der Waals surface area (Å²) in [5, 5.41) is 8.50. The highest BCUT2D eigenvalue weighted by molar-refractivity contribution is 5.79. The Kier molecular flexibility index (Phi) is 2.62. The van der Waals surface area contributed by atoms with E-state index in [-0.39, 0.29) is 0 Å². The van der Waals surface area contributed by atoms with Crippen molar-refractivity contribution < 1.29 is 4.52 Å². The first-order chi connectivity index (χ1) is 7.93. The number of rotatable bonds is 2. The third-order valence-corrected chi connectivity index (χ3v) is 3.40. The Morgan fingerprint density at radius 1 is 1.44 bits per heavy atom. The molecule has 0 bridgehead atoms. The normalized spacial score (nSPS) is 21.4. The average Bonchev–Trinajstić information content (AvgIpc) is 2.80. The maximum absolute atomic E-state index is 5.18. The fourth-order valence-electron chi connectivity index (χ4n) is 2.54. The smallest absolute Gasteiger partial charge is 0.167 e. The molecule has 1 aromatic heterocycles. The van der Waals surface area contributed by atoms with Gasteiger partial charge in [0.15, 0.2) is 5.58 Å². The summed E-state index contributed by atoms with van der Waals surface area (Å²) >= 11 is 0. The van der Waals surface area contributed by atoms with Crippen molar-refractivity contribution in [1.82, 2.24) is 10.5 Å².